The summed E-state index contributed by atoms with van der Waals surface area (Å²) in [6, 6.07) is 1.12. The lowest BCUT2D eigenvalue weighted by Gasteiger charge is -2.10. The molecule has 0 aromatic carbocycles. The number of pyridine rings is 1. The number of carbonyl (C=O) groups excluding carboxylic acids is 1. The highest BCUT2D eigenvalue weighted by atomic mass is 19.1. The largest absolute Gasteiger partial charge is 0.391 e. The van der Waals surface area contributed by atoms with Crippen LogP contribution in [0.2, 0.25) is 0 Å². The molecule has 86 valence electrons. The second kappa shape index (κ2) is 4.57. The Balaban J connectivity index is 1.87. The van der Waals surface area contributed by atoms with Crippen LogP contribution < -0.4 is 5.32 Å². The van der Waals surface area contributed by atoms with Gasteiger partial charge < -0.3 is 10.4 Å². The summed E-state index contributed by atoms with van der Waals surface area (Å²) in [5.74, 6) is -0.645. The van der Waals surface area contributed by atoms with Crippen molar-refractivity contribution in [1.29, 1.82) is 0 Å². The van der Waals surface area contributed by atoms with Gasteiger partial charge in [-0.3, -0.25) is 9.78 Å². The number of aliphatic hydroxyl groups excluding tert-OH is 1. The molecule has 0 spiro atoms. The van der Waals surface area contributed by atoms with E-state index >= 15 is 0 Å². The maximum atomic E-state index is 12.8. The van der Waals surface area contributed by atoms with Crippen LogP contribution in [-0.2, 0) is 0 Å². The molecule has 1 aromatic heterocycles. The molecule has 1 aliphatic carbocycles. The minimum Gasteiger partial charge on any atom is -0.391 e. The van der Waals surface area contributed by atoms with Gasteiger partial charge in [0.05, 0.1) is 17.9 Å². The number of rotatable bonds is 4. The van der Waals surface area contributed by atoms with E-state index < -0.39 is 17.8 Å². The molecule has 1 aromatic rings. The van der Waals surface area contributed by atoms with Crippen molar-refractivity contribution in [3.63, 3.8) is 0 Å². The SMILES string of the molecule is O=C(NCC(O)C1CC1)c1cncc(F)c1. The number of halogens is 1. The van der Waals surface area contributed by atoms with Crippen molar-refractivity contribution in [1.82, 2.24) is 10.3 Å². The number of aromatic nitrogens is 1. The molecule has 5 heteroatoms. The number of amides is 1. The van der Waals surface area contributed by atoms with Crippen LogP contribution >= 0.6 is 0 Å². The zero-order chi connectivity index (χ0) is 11.5. The third kappa shape index (κ3) is 2.76. The first-order chi connectivity index (χ1) is 7.66. The highest BCUT2D eigenvalue weighted by Crippen LogP contribution is 2.32. The highest BCUT2D eigenvalue weighted by molar-refractivity contribution is 5.93. The summed E-state index contributed by atoms with van der Waals surface area (Å²) in [5.41, 5.74) is 0.169. The summed E-state index contributed by atoms with van der Waals surface area (Å²) in [4.78, 5) is 15.1. The Morgan fingerprint density at radius 3 is 3.00 bits per heavy atom. The third-order valence-electron chi connectivity index (χ3n) is 2.60. The number of carbonyl (C=O) groups is 1. The molecule has 1 saturated carbocycles. The third-order valence-corrected chi connectivity index (χ3v) is 2.60. The molecule has 0 radical (unpaired) electrons. The molecule has 1 fully saturated rings. The number of hydrogen-bond acceptors (Lipinski definition) is 3. The predicted molar refractivity (Wildman–Crippen MR) is 55.3 cm³/mol. The Morgan fingerprint density at radius 2 is 2.38 bits per heavy atom. The molecule has 1 heterocycles. The molecule has 2 rings (SSSR count). The van der Waals surface area contributed by atoms with Crippen LogP contribution in [0, 0.1) is 11.7 Å². The van der Waals surface area contributed by atoms with Crippen LogP contribution in [0.1, 0.15) is 23.2 Å². The van der Waals surface area contributed by atoms with E-state index in [4.69, 9.17) is 0 Å². The molecule has 1 unspecified atom stereocenters. The fraction of sp³-hybridized carbons (Fsp3) is 0.455. The van der Waals surface area contributed by atoms with E-state index in [1.807, 2.05) is 0 Å². The summed E-state index contributed by atoms with van der Waals surface area (Å²) in [7, 11) is 0. The van der Waals surface area contributed by atoms with Gasteiger partial charge in [-0.05, 0) is 24.8 Å². The smallest absolute Gasteiger partial charge is 0.253 e. The minimum absolute atomic E-state index is 0.169. The number of nitrogens with one attached hydrogen (secondary N) is 1. The summed E-state index contributed by atoms with van der Waals surface area (Å²) >= 11 is 0. The molecule has 0 saturated heterocycles. The first-order valence-corrected chi connectivity index (χ1v) is 5.23. The van der Waals surface area contributed by atoms with Gasteiger partial charge in [-0.15, -0.1) is 0 Å². The zero-order valence-electron chi connectivity index (χ0n) is 8.69. The van der Waals surface area contributed by atoms with Crippen molar-refractivity contribution in [2.24, 2.45) is 5.92 Å². The van der Waals surface area contributed by atoms with Gasteiger partial charge >= 0.3 is 0 Å². The second-order valence-corrected chi connectivity index (χ2v) is 4.01. The maximum Gasteiger partial charge on any atom is 0.253 e. The predicted octanol–water partition coefficient (Wildman–Crippen LogP) is 0.721. The molecule has 16 heavy (non-hydrogen) atoms. The Kier molecular flexibility index (Phi) is 3.14. The molecule has 2 N–H and O–H groups in total. The lowest BCUT2D eigenvalue weighted by Crippen LogP contribution is -2.33. The first-order valence-electron chi connectivity index (χ1n) is 5.23. The van der Waals surface area contributed by atoms with Crippen LogP contribution in [0.25, 0.3) is 0 Å². The lowest BCUT2D eigenvalue weighted by molar-refractivity contribution is 0.0900. The van der Waals surface area contributed by atoms with Crippen molar-refractivity contribution < 1.29 is 14.3 Å². The van der Waals surface area contributed by atoms with Gasteiger partial charge in [0.1, 0.15) is 5.82 Å². The Labute approximate surface area is 92.5 Å². The average molecular weight is 224 g/mol. The number of aliphatic hydroxyl groups is 1. The summed E-state index contributed by atoms with van der Waals surface area (Å²) in [6.07, 6.45) is 3.86. The Morgan fingerprint density at radius 1 is 1.62 bits per heavy atom. The summed E-state index contributed by atoms with van der Waals surface area (Å²) in [6.45, 7) is 0.208. The fourth-order valence-corrected chi connectivity index (χ4v) is 1.48. The number of nitrogens with zero attached hydrogens (tertiary/aromatic N) is 1. The molecule has 0 aliphatic heterocycles. The minimum atomic E-state index is -0.546. The van der Waals surface area contributed by atoms with Crippen molar-refractivity contribution in [2.45, 2.75) is 18.9 Å². The normalized spacial score (nSPS) is 16.9. The van der Waals surface area contributed by atoms with Crippen LogP contribution in [0.5, 0.6) is 0 Å². The maximum absolute atomic E-state index is 12.8. The molecule has 1 atom stereocenters. The van der Waals surface area contributed by atoms with Gasteiger partial charge in [0.25, 0.3) is 5.91 Å². The van der Waals surface area contributed by atoms with Gasteiger partial charge in [0.15, 0.2) is 0 Å². The van der Waals surface area contributed by atoms with Crippen molar-refractivity contribution in [2.75, 3.05) is 6.54 Å². The molecular formula is C11H13FN2O2. The molecule has 0 bridgehead atoms. The Hall–Kier alpha value is -1.49. The quantitative estimate of drug-likeness (QED) is 0.792. The highest BCUT2D eigenvalue weighted by Gasteiger charge is 2.29. The molecular weight excluding hydrogens is 211 g/mol. The zero-order valence-corrected chi connectivity index (χ0v) is 8.69. The second-order valence-electron chi connectivity index (χ2n) is 4.01. The summed E-state index contributed by atoms with van der Waals surface area (Å²) in [5, 5.41) is 12.1. The van der Waals surface area contributed by atoms with E-state index in [1.54, 1.807) is 0 Å². The van der Waals surface area contributed by atoms with E-state index in [-0.39, 0.29) is 12.1 Å². The van der Waals surface area contributed by atoms with Crippen LogP contribution in [-0.4, -0.2) is 28.6 Å². The monoisotopic (exact) mass is 224 g/mol. The lowest BCUT2D eigenvalue weighted by atomic mass is 10.2. The van der Waals surface area contributed by atoms with E-state index in [0.29, 0.717) is 5.92 Å². The van der Waals surface area contributed by atoms with Gasteiger partial charge in [-0.25, -0.2) is 4.39 Å². The van der Waals surface area contributed by atoms with Crippen LogP contribution in [0.3, 0.4) is 0 Å². The molecule has 1 amide bonds. The first kappa shape index (κ1) is 11.0. The molecule has 1 aliphatic rings. The van der Waals surface area contributed by atoms with Crippen molar-refractivity contribution >= 4 is 5.91 Å². The van der Waals surface area contributed by atoms with Gasteiger partial charge in [0.2, 0.25) is 0 Å². The van der Waals surface area contributed by atoms with Gasteiger partial charge in [0, 0.05) is 12.7 Å². The van der Waals surface area contributed by atoms with E-state index in [9.17, 15) is 14.3 Å². The van der Waals surface area contributed by atoms with Crippen molar-refractivity contribution in [3.8, 4) is 0 Å². The Bertz CT molecular complexity index is 393. The van der Waals surface area contributed by atoms with E-state index in [1.165, 1.54) is 6.20 Å². The van der Waals surface area contributed by atoms with Gasteiger partial charge in [-0.1, -0.05) is 0 Å². The van der Waals surface area contributed by atoms with E-state index in [0.717, 1.165) is 25.1 Å². The van der Waals surface area contributed by atoms with Gasteiger partial charge in [-0.2, -0.15) is 0 Å². The van der Waals surface area contributed by atoms with E-state index in [2.05, 4.69) is 10.3 Å². The van der Waals surface area contributed by atoms with Crippen LogP contribution in [0.15, 0.2) is 18.5 Å². The standard InChI is InChI=1S/C11H13FN2O2/c12-9-3-8(4-13-5-9)11(16)14-6-10(15)7-1-2-7/h3-5,7,10,15H,1-2,6H2,(H,14,16). The fourth-order valence-electron chi connectivity index (χ4n) is 1.48. The summed E-state index contributed by atoms with van der Waals surface area (Å²) < 4.78 is 12.8. The average Bonchev–Trinajstić information content (AvgIpc) is 3.09. The van der Waals surface area contributed by atoms with Crippen molar-refractivity contribution in [3.05, 3.63) is 29.8 Å². The topological polar surface area (TPSA) is 62.2 Å². The number of hydrogen-bond donors (Lipinski definition) is 2. The molecule has 4 nitrogen and oxygen atoms in total. The van der Waals surface area contributed by atoms with Crippen LogP contribution in [0.4, 0.5) is 4.39 Å².